The Morgan fingerprint density at radius 3 is 2.40 bits per heavy atom. The van der Waals surface area contributed by atoms with Gasteiger partial charge in [-0.05, 0) is 44.3 Å². The van der Waals surface area contributed by atoms with Gasteiger partial charge in [-0.2, -0.15) is 5.10 Å². The van der Waals surface area contributed by atoms with Crippen LogP contribution in [0.3, 0.4) is 0 Å². The normalized spacial score (nSPS) is 12.2. The summed E-state index contributed by atoms with van der Waals surface area (Å²) in [7, 11) is 5.57. The Balaban J connectivity index is 1.88. The lowest BCUT2D eigenvalue weighted by Crippen LogP contribution is -2.36. The van der Waals surface area contributed by atoms with Crippen molar-refractivity contribution in [3.63, 3.8) is 0 Å². The van der Waals surface area contributed by atoms with Crippen molar-refractivity contribution >= 4 is 16.7 Å². The number of hydrogen-bond donors (Lipinski definition) is 1. The maximum atomic E-state index is 13.1. The van der Waals surface area contributed by atoms with Crippen LogP contribution in [0.4, 0.5) is 0 Å². The van der Waals surface area contributed by atoms with Gasteiger partial charge in [0, 0.05) is 18.5 Å². The van der Waals surface area contributed by atoms with Crippen LogP contribution in [0.5, 0.6) is 5.75 Å². The van der Waals surface area contributed by atoms with Crippen molar-refractivity contribution in [2.45, 2.75) is 25.9 Å². The topological polar surface area (TPSA) is 76.5 Å². The zero-order valence-electron chi connectivity index (χ0n) is 17.9. The Bertz CT molecular complexity index is 1070. The molecule has 2 aromatic carbocycles. The van der Waals surface area contributed by atoms with E-state index in [0.717, 1.165) is 17.7 Å². The van der Waals surface area contributed by atoms with E-state index < -0.39 is 0 Å². The van der Waals surface area contributed by atoms with Crippen LogP contribution in [0.2, 0.25) is 0 Å². The molecule has 1 amide bonds. The number of hydrogen-bond acceptors (Lipinski definition) is 5. The summed E-state index contributed by atoms with van der Waals surface area (Å²) in [5.41, 5.74) is 1.16. The predicted octanol–water partition coefficient (Wildman–Crippen LogP) is 2.85. The molecular weight excluding hydrogens is 380 g/mol. The summed E-state index contributed by atoms with van der Waals surface area (Å²) in [6.45, 7) is 2.84. The van der Waals surface area contributed by atoms with E-state index >= 15 is 0 Å². The Morgan fingerprint density at radius 2 is 1.80 bits per heavy atom. The van der Waals surface area contributed by atoms with E-state index in [-0.39, 0.29) is 23.2 Å². The number of methoxy groups -OCH3 is 1. The molecular formula is C23H28N4O3. The zero-order valence-corrected chi connectivity index (χ0v) is 17.9. The van der Waals surface area contributed by atoms with Crippen molar-refractivity contribution < 1.29 is 9.53 Å². The number of carbonyl (C=O) groups is 1. The van der Waals surface area contributed by atoms with Crippen LogP contribution in [0.25, 0.3) is 10.8 Å². The number of amides is 1. The van der Waals surface area contributed by atoms with E-state index in [1.807, 2.05) is 56.3 Å². The van der Waals surface area contributed by atoms with Gasteiger partial charge in [0.2, 0.25) is 0 Å². The van der Waals surface area contributed by atoms with Gasteiger partial charge in [0.15, 0.2) is 5.69 Å². The largest absolute Gasteiger partial charge is 0.497 e. The van der Waals surface area contributed by atoms with E-state index in [1.165, 1.54) is 4.68 Å². The van der Waals surface area contributed by atoms with E-state index in [9.17, 15) is 9.59 Å². The number of aromatic nitrogens is 2. The monoisotopic (exact) mass is 408 g/mol. The van der Waals surface area contributed by atoms with Gasteiger partial charge >= 0.3 is 0 Å². The third-order valence-corrected chi connectivity index (χ3v) is 5.10. The van der Waals surface area contributed by atoms with Crippen LogP contribution in [0.1, 0.15) is 35.4 Å². The van der Waals surface area contributed by atoms with Gasteiger partial charge in [-0.25, -0.2) is 4.68 Å². The summed E-state index contributed by atoms with van der Waals surface area (Å²) in [6.07, 6.45) is 0.756. The van der Waals surface area contributed by atoms with Crippen LogP contribution in [-0.2, 0) is 6.54 Å². The average molecular weight is 409 g/mol. The number of nitrogens with zero attached hydrogens (tertiary/aromatic N) is 3. The molecule has 30 heavy (non-hydrogen) atoms. The molecule has 1 atom stereocenters. The number of aryl methyl sites for hydroxylation is 1. The van der Waals surface area contributed by atoms with Crippen molar-refractivity contribution in [2.75, 3.05) is 27.7 Å². The number of ether oxygens (including phenoxy) is 1. The second kappa shape index (κ2) is 9.54. The molecule has 0 spiro atoms. The van der Waals surface area contributed by atoms with Crippen LogP contribution in [0, 0.1) is 0 Å². The van der Waals surface area contributed by atoms with Gasteiger partial charge in [-0.3, -0.25) is 9.59 Å². The number of fused-ring (bicyclic) bond motifs is 1. The molecule has 0 aliphatic carbocycles. The van der Waals surface area contributed by atoms with Crippen LogP contribution in [0.15, 0.2) is 53.3 Å². The highest BCUT2D eigenvalue weighted by Crippen LogP contribution is 2.21. The molecule has 1 heterocycles. The quantitative estimate of drug-likeness (QED) is 0.620. The summed E-state index contributed by atoms with van der Waals surface area (Å²) >= 11 is 0. The molecule has 3 rings (SSSR count). The average Bonchev–Trinajstić information content (AvgIpc) is 2.76. The predicted molar refractivity (Wildman–Crippen MR) is 118 cm³/mol. The van der Waals surface area contributed by atoms with E-state index in [4.69, 9.17) is 4.74 Å². The van der Waals surface area contributed by atoms with Crippen molar-refractivity contribution in [3.8, 4) is 5.75 Å². The van der Waals surface area contributed by atoms with Crippen molar-refractivity contribution in [3.05, 3.63) is 70.1 Å². The van der Waals surface area contributed by atoms with Gasteiger partial charge in [-0.15, -0.1) is 0 Å². The van der Waals surface area contributed by atoms with Crippen LogP contribution < -0.4 is 15.6 Å². The second-order valence-electron chi connectivity index (χ2n) is 7.39. The minimum absolute atomic E-state index is 0.0207. The first kappa shape index (κ1) is 21.5. The molecule has 0 saturated heterocycles. The molecule has 1 N–H and O–H groups in total. The number of carbonyl (C=O) groups excluding carboxylic acids is 1. The lowest BCUT2D eigenvalue weighted by atomic mass is 10.1. The smallest absolute Gasteiger partial charge is 0.274 e. The fraction of sp³-hybridized carbons (Fsp3) is 0.348. The summed E-state index contributed by atoms with van der Waals surface area (Å²) < 4.78 is 6.61. The van der Waals surface area contributed by atoms with Crippen molar-refractivity contribution in [1.29, 1.82) is 0 Å². The first-order valence-corrected chi connectivity index (χ1v) is 10.0. The van der Waals surface area contributed by atoms with E-state index in [2.05, 4.69) is 10.4 Å². The molecule has 7 heteroatoms. The highest BCUT2D eigenvalue weighted by molar-refractivity contribution is 6.04. The number of nitrogens with one attached hydrogen (secondary N) is 1. The Labute approximate surface area is 176 Å². The summed E-state index contributed by atoms with van der Waals surface area (Å²) in [4.78, 5) is 27.7. The Hall–Kier alpha value is -3.19. The van der Waals surface area contributed by atoms with E-state index in [1.54, 1.807) is 25.3 Å². The molecule has 1 aromatic heterocycles. The third kappa shape index (κ3) is 4.52. The molecule has 0 fully saturated rings. The van der Waals surface area contributed by atoms with E-state index in [0.29, 0.717) is 23.9 Å². The Kier molecular flexibility index (Phi) is 6.84. The molecule has 0 bridgehead atoms. The minimum atomic E-state index is -0.295. The third-order valence-electron chi connectivity index (χ3n) is 5.10. The zero-order chi connectivity index (χ0) is 21.7. The molecule has 7 nitrogen and oxygen atoms in total. The fourth-order valence-corrected chi connectivity index (χ4v) is 3.46. The van der Waals surface area contributed by atoms with Gasteiger partial charge in [0.25, 0.3) is 11.5 Å². The SMILES string of the molecule is CCCn1nc(C(=O)NC[C@H](c2ccc(OC)cc2)N(C)C)c2ccccc2c1=O. The maximum absolute atomic E-state index is 13.1. The maximum Gasteiger partial charge on any atom is 0.274 e. The molecule has 0 aliphatic heterocycles. The first-order valence-electron chi connectivity index (χ1n) is 10.0. The standard InChI is InChI=1S/C23H28N4O3/c1-5-14-27-23(29)19-9-7-6-8-18(19)21(25-27)22(28)24-15-20(26(2)3)16-10-12-17(30-4)13-11-16/h6-13,20H,5,14-15H2,1-4H3,(H,24,28)/t20-/m1/s1. The molecule has 0 unspecified atom stereocenters. The second-order valence-corrected chi connectivity index (χ2v) is 7.39. The molecule has 0 saturated carbocycles. The van der Waals surface area contributed by atoms with Gasteiger partial charge in [0.1, 0.15) is 5.75 Å². The summed E-state index contributed by atoms with van der Waals surface area (Å²) in [6, 6.07) is 14.9. The number of rotatable bonds is 8. The van der Waals surface area contributed by atoms with Gasteiger partial charge < -0.3 is 15.0 Å². The fourth-order valence-electron chi connectivity index (χ4n) is 3.46. The highest BCUT2D eigenvalue weighted by atomic mass is 16.5. The minimum Gasteiger partial charge on any atom is -0.497 e. The molecule has 3 aromatic rings. The number of benzene rings is 2. The summed E-state index contributed by atoms with van der Waals surface area (Å²) in [5.74, 6) is 0.491. The summed E-state index contributed by atoms with van der Waals surface area (Å²) in [5, 5.41) is 8.44. The lowest BCUT2D eigenvalue weighted by molar-refractivity contribution is 0.0936. The molecule has 158 valence electrons. The van der Waals surface area contributed by atoms with Gasteiger partial charge in [0.05, 0.1) is 18.5 Å². The van der Waals surface area contributed by atoms with Gasteiger partial charge in [-0.1, -0.05) is 37.3 Å². The van der Waals surface area contributed by atoms with Crippen LogP contribution >= 0.6 is 0 Å². The molecule has 0 radical (unpaired) electrons. The van der Waals surface area contributed by atoms with Crippen LogP contribution in [-0.4, -0.2) is 48.3 Å². The number of likely N-dealkylation sites (N-methyl/N-ethyl adjacent to an activating group) is 1. The first-order chi connectivity index (χ1) is 14.5. The van der Waals surface area contributed by atoms with Crippen molar-refractivity contribution in [2.24, 2.45) is 0 Å². The molecule has 0 aliphatic rings. The lowest BCUT2D eigenvalue weighted by Gasteiger charge is -2.25. The van der Waals surface area contributed by atoms with Crippen molar-refractivity contribution in [1.82, 2.24) is 20.0 Å². The highest BCUT2D eigenvalue weighted by Gasteiger charge is 2.20. The Morgan fingerprint density at radius 1 is 1.13 bits per heavy atom.